The van der Waals surface area contributed by atoms with Gasteiger partial charge in [0.1, 0.15) is 5.69 Å². The zero-order valence-corrected chi connectivity index (χ0v) is 10.1. The van der Waals surface area contributed by atoms with Crippen LogP contribution in [0.15, 0.2) is 36.4 Å². The number of carbonyl (C=O) groups excluding carboxylic acids is 1. The Hall–Kier alpha value is -2.23. The maximum Gasteiger partial charge on any atom is 0.214 e. The molecule has 1 aromatic carbocycles. The van der Waals surface area contributed by atoms with Crippen LogP contribution in [0.4, 0.5) is 4.39 Å². The summed E-state index contributed by atoms with van der Waals surface area (Å²) in [6.45, 7) is 1.78. The summed E-state index contributed by atoms with van der Waals surface area (Å²) < 4.78 is 18.8. The smallest absolute Gasteiger partial charge is 0.214 e. The molecule has 0 spiro atoms. The second-order valence-corrected chi connectivity index (χ2v) is 3.82. The van der Waals surface area contributed by atoms with Gasteiger partial charge in [-0.2, -0.15) is 0 Å². The summed E-state index contributed by atoms with van der Waals surface area (Å²) >= 11 is 0. The molecule has 0 fully saturated rings. The predicted octanol–water partition coefficient (Wildman–Crippen LogP) is 2.77. The lowest BCUT2D eigenvalue weighted by Gasteiger charge is -2.06. The number of pyridine rings is 1. The van der Waals surface area contributed by atoms with Gasteiger partial charge in [-0.05, 0) is 31.2 Å². The third-order valence-electron chi connectivity index (χ3n) is 2.55. The first-order valence-corrected chi connectivity index (χ1v) is 5.44. The fourth-order valence-electron chi connectivity index (χ4n) is 1.65. The maximum absolute atomic E-state index is 13.9. The van der Waals surface area contributed by atoms with Crippen molar-refractivity contribution < 1.29 is 13.9 Å². The molecule has 0 aliphatic rings. The van der Waals surface area contributed by atoms with Crippen LogP contribution in [0.2, 0.25) is 0 Å². The molecule has 1 aromatic heterocycles. The van der Waals surface area contributed by atoms with E-state index in [4.69, 9.17) is 4.74 Å². The Bertz CT molecular complexity index is 596. The third-order valence-corrected chi connectivity index (χ3v) is 2.55. The number of ether oxygens (including phenoxy) is 1. The molecule has 0 unspecified atom stereocenters. The van der Waals surface area contributed by atoms with Crippen molar-refractivity contribution in [3.63, 3.8) is 0 Å². The summed E-state index contributed by atoms with van der Waals surface area (Å²) in [5, 5.41) is 0. The van der Waals surface area contributed by atoms with E-state index >= 15 is 0 Å². The van der Waals surface area contributed by atoms with Gasteiger partial charge in [-0.25, -0.2) is 9.37 Å². The minimum atomic E-state index is -0.659. The Morgan fingerprint density at radius 1 is 1.22 bits per heavy atom. The fourth-order valence-corrected chi connectivity index (χ4v) is 1.65. The molecule has 0 saturated carbocycles. The molecular formula is C14H12FNO2. The number of nitrogens with zero attached hydrogens (tertiary/aromatic N) is 1. The van der Waals surface area contributed by atoms with E-state index in [9.17, 15) is 9.18 Å². The summed E-state index contributed by atoms with van der Waals surface area (Å²) in [4.78, 5) is 16.2. The Balaban J connectivity index is 2.46. The van der Waals surface area contributed by atoms with Crippen molar-refractivity contribution in [3.8, 4) is 5.75 Å². The standard InChI is InChI=1S/C14H12FNO2/c1-9-5-3-7-11(16-9)14(17)10-6-4-8-12(18-2)13(10)15/h3-8H,1-2H3. The van der Waals surface area contributed by atoms with Crippen LogP contribution in [-0.4, -0.2) is 17.9 Å². The second-order valence-electron chi connectivity index (χ2n) is 3.82. The quantitative estimate of drug-likeness (QED) is 0.780. The van der Waals surface area contributed by atoms with Gasteiger partial charge in [0.25, 0.3) is 0 Å². The zero-order chi connectivity index (χ0) is 13.1. The van der Waals surface area contributed by atoms with E-state index in [1.54, 1.807) is 31.2 Å². The lowest BCUT2D eigenvalue weighted by atomic mass is 10.1. The van der Waals surface area contributed by atoms with Crippen molar-refractivity contribution in [3.05, 3.63) is 59.2 Å². The number of benzene rings is 1. The highest BCUT2D eigenvalue weighted by Gasteiger charge is 2.18. The molecule has 18 heavy (non-hydrogen) atoms. The molecule has 2 rings (SSSR count). The molecule has 0 aliphatic carbocycles. The zero-order valence-electron chi connectivity index (χ0n) is 10.1. The van der Waals surface area contributed by atoms with E-state index in [1.165, 1.54) is 19.2 Å². The van der Waals surface area contributed by atoms with Crippen molar-refractivity contribution >= 4 is 5.78 Å². The highest BCUT2D eigenvalue weighted by molar-refractivity contribution is 6.08. The molecule has 0 saturated heterocycles. The van der Waals surface area contributed by atoms with Crippen LogP contribution in [-0.2, 0) is 0 Å². The van der Waals surface area contributed by atoms with Crippen molar-refractivity contribution in [1.82, 2.24) is 4.98 Å². The first-order valence-electron chi connectivity index (χ1n) is 5.44. The summed E-state index contributed by atoms with van der Waals surface area (Å²) in [5.74, 6) is -1.06. The molecule has 3 nitrogen and oxygen atoms in total. The molecule has 4 heteroatoms. The van der Waals surface area contributed by atoms with Crippen molar-refractivity contribution in [2.45, 2.75) is 6.92 Å². The van der Waals surface area contributed by atoms with Gasteiger partial charge < -0.3 is 4.74 Å². The van der Waals surface area contributed by atoms with E-state index in [1.807, 2.05) is 0 Å². The molecule has 2 aromatic rings. The second kappa shape index (κ2) is 4.96. The number of halogens is 1. The highest BCUT2D eigenvalue weighted by atomic mass is 19.1. The third kappa shape index (κ3) is 2.22. The van der Waals surface area contributed by atoms with Gasteiger partial charge in [0.2, 0.25) is 5.78 Å². The summed E-state index contributed by atoms with van der Waals surface area (Å²) in [7, 11) is 1.36. The lowest BCUT2D eigenvalue weighted by molar-refractivity contribution is 0.102. The van der Waals surface area contributed by atoms with Gasteiger partial charge in [-0.1, -0.05) is 12.1 Å². The number of aromatic nitrogens is 1. The SMILES string of the molecule is COc1cccc(C(=O)c2cccc(C)n2)c1F. The van der Waals surface area contributed by atoms with E-state index in [0.29, 0.717) is 5.69 Å². The Morgan fingerprint density at radius 2 is 1.94 bits per heavy atom. The van der Waals surface area contributed by atoms with Gasteiger partial charge in [0, 0.05) is 5.69 Å². The molecule has 0 radical (unpaired) electrons. The lowest BCUT2D eigenvalue weighted by Crippen LogP contribution is -2.08. The van der Waals surface area contributed by atoms with Crippen LogP contribution < -0.4 is 4.74 Å². The van der Waals surface area contributed by atoms with E-state index in [-0.39, 0.29) is 17.0 Å². The van der Waals surface area contributed by atoms with Crippen LogP contribution in [0, 0.1) is 12.7 Å². The molecule has 92 valence electrons. The first kappa shape index (κ1) is 12.2. The molecule has 0 amide bonds. The van der Waals surface area contributed by atoms with Crippen molar-refractivity contribution in [2.24, 2.45) is 0 Å². The van der Waals surface area contributed by atoms with Gasteiger partial charge in [-0.15, -0.1) is 0 Å². The summed E-state index contributed by atoms with van der Waals surface area (Å²) in [6.07, 6.45) is 0. The molecule has 0 bridgehead atoms. The monoisotopic (exact) mass is 245 g/mol. The number of hydrogen-bond donors (Lipinski definition) is 0. The summed E-state index contributed by atoms with van der Waals surface area (Å²) in [6, 6.07) is 9.52. The van der Waals surface area contributed by atoms with Crippen molar-refractivity contribution in [2.75, 3.05) is 7.11 Å². The minimum absolute atomic E-state index is 0.0348. The van der Waals surface area contributed by atoms with Crippen LogP contribution in [0.5, 0.6) is 5.75 Å². The molecule has 0 atom stereocenters. The number of rotatable bonds is 3. The molecule has 1 heterocycles. The van der Waals surface area contributed by atoms with Crippen molar-refractivity contribution in [1.29, 1.82) is 0 Å². The van der Waals surface area contributed by atoms with Crippen LogP contribution in [0.1, 0.15) is 21.7 Å². The first-order chi connectivity index (χ1) is 8.63. The van der Waals surface area contributed by atoms with E-state index < -0.39 is 11.6 Å². The molecular weight excluding hydrogens is 233 g/mol. The predicted molar refractivity (Wildman–Crippen MR) is 65.4 cm³/mol. The Morgan fingerprint density at radius 3 is 2.61 bits per heavy atom. The normalized spacial score (nSPS) is 10.2. The van der Waals surface area contributed by atoms with Gasteiger partial charge >= 0.3 is 0 Å². The van der Waals surface area contributed by atoms with Gasteiger partial charge in [0.05, 0.1) is 12.7 Å². The van der Waals surface area contributed by atoms with E-state index in [0.717, 1.165) is 0 Å². The van der Waals surface area contributed by atoms with Gasteiger partial charge in [-0.3, -0.25) is 4.79 Å². The Labute approximate surface area is 104 Å². The Kier molecular flexibility index (Phi) is 3.37. The molecule has 0 N–H and O–H groups in total. The fraction of sp³-hybridized carbons (Fsp3) is 0.143. The largest absolute Gasteiger partial charge is 0.494 e. The average Bonchev–Trinajstić information content (AvgIpc) is 2.38. The number of carbonyl (C=O) groups is 1. The van der Waals surface area contributed by atoms with Crippen LogP contribution in [0.25, 0.3) is 0 Å². The van der Waals surface area contributed by atoms with E-state index in [2.05, 4.69) is 4.98 Å². The number of hydrogen-bond acceptors (Lipinski definition) is 3. The maximum atomic E-state index is 13.9. The van der Waals surface area contributed by atoms with Crippen LogP contribution >= 0.6 is 0 Å². The summed E-state index contributed by atoms with van der Waals surface area (Å²) in [5.41, 5.74) is 0.902. The average molecular weight is 245 g/mol. The molecule has 0 aliphatic heterocycles. The highest BCUT2D eigenvalue weighted by Crippen LogP contribution is 2.21. The number of aryl methyl sites for hydroxylation is 1. The number of methoxy groups -OCH3 is 1. The van der Waals surface area contributed by atoms with Crippen LogP contribution in [0.3, 0.4) is 0 Å². The minimum Gasteiger partial charge on any atom is -0.494 e. The topological polar surface area (TPSA) is 39.2 Å². The van der Waals surface area contributed by atoms with Gasteiger partial charge in [0.15, 0.2) is 11.6 Å². The number of ketones is 1.